The number of hydrogen-bond acceptors (Lipinski definition) is 2. The number of carbonyl (C=O) groups is 1. The normalized spacial score (nSPS) is 9.06. The Morgan fingerprint density at radius 1 is 1.19 bits per heavy atom. The largest absolute Gasteiger partial charge is 0.466 e. The summed E-state index contributed by atoms with van der Waals surface area (Å²) in [5, 5.41) is 0. The van der Waals surface area contributed by atoms with Crippen molar-refractivity contribution in [3.8, 4) is 0 Å². The molecule has 0 amide bonds. The molecule has 0 radical (unpaired) electrons. The zero-order chi connectivity index (χ0) is 12.6. The highest BCUT2D eigenvalue weighted by Gasteiger charge is 2.08. The van der Waals surface area contributed by atoms with Crippen molar-refractivity contribution >= 4 is 5.97 Å². The average molecular weight is 222 g/mol. The van der Waals surface area contributed by atoms with Crippen LogP contribution in [0, 0.1) is 13.8 Å². The van der Waals surface area contributed by atoms with E-state index in [0.29, 0.717) is 13.0 Å². The Kier molecular flexibility index (Phi) is 7.27. The molecule has 0 aliphatic rings. The average Bonchev–Trinajstić information content (AvgIpc) is 2.27. The van der Waals surface area contributed by atoms with Crippen LogP contribution in [0.25, 0.3) is 0 Å². The molecule has 0 unspecified atom stereocenters. The van der Waals surface area contributed by atoms with E-state index >= 15 is 0 Å². The van der Waals surface area contributed by atoms with Crippen molar-refractivity contribution in [3.05, 3.63) is 34.9 Å². The number of carbonyl (C=O) groups excluding carboxylic acids is 1. The van der Waals surface area contributed by atoms with E-state index in [0.717, 1.165) is 16.7 Å². The van der Waals surface area contributed by atoms with Crippen molar-refractivity contribution in [2.24, 2.45) is 0 Å². The first-order valence-electron chi connectivity index (χ1n) is 5.86. The maximum Gasteiger partial charge on any atom is 0.310 e. The Balaban J connectivity index is 0.00000106. The lowest BCUT2D eigenvalue weighted by molar-refractivity contribution is -0.142. The summed E-state index contributed by atoms with van der Waals surface area (Å²) in [4.78, 5) is 11.3. The third-order valence-corrected chi connectivity index (χ3v) is 2.27. The number of hydrogen-bond donors (Lipinski definition) is 0. The molecule has 0 bridgehead atoms. The molecule has 0 N–H and O–H groups in total. The molecule has 0 aromatic heterocycles. The second kappa shape index (κ2) is 7.91. The van der Waals surface area contributed by atoms with Crippen molar-refractivity contribution in [1.82, 2.24) is 0 Å². The number of aryl methyl sites for hydroxylation is 2. The van der Waals surface area contributed by atoms with Crippen LogP contribution in [0.2, 0.25) is 0 Å². The smallest absolute Gasteiger partial charge is 0.310 e. The lowest BCUT2D eigenvalue weighted by Crippen LogP contribution is -2.09. The fourth-order valence-corrected chi connectivity index (χ4v) is 1.48. The molecule has 2 heteroatoms. The molecule has 0 saturated heterocycles. The third kappa shape index (κ3) is 4.47. The lowest BCUT2D eigenvalue weighted by Gasteiger charge is -2.08. The van der Waals surface area contributed by atoms with Gasteiger partial charge in [-0.15, -0.1) is 0 Å². The molecule has 1 rings (SSSR count). The van der Waals surface area contributed by atoms with Crippen LogP contribution in [0.1, 0.15) is 37.5 Å². The van der Waals surface area contributed by atoms with Crippen LogP contribution < -0.4 is 0 Å². The van der Waals surface area contributed by atoms with Gasteiger partial charge in [-0.3, -0.25) is 4.79 Å². The van der Waals surface area contributed by atoms with E-state index < -0.39 is 0 Å². The van der Waals surface area contributed by atoms with Crippen molar-refractivity contribution < 1.29 is 9.53 Å². The standard InChI is InChI=1S/C12H16O2.C2H6/c1-4-14-12(13)8-11-9(2)6-5-7-10(11)3;1-2/h5-7H,4,8H2,1-3H3;1-2H3. The second-order valence-corrected chi connectivity index (χ2v) is 3.35. The Bertz CT molecular complexity index is 309. The van der Waals surface area contributed by atoms with Gasteiger partial charge in [0.1, 0.15) is 0 Å². The minimum Gasteiger partial charge on any atom is -0.466 e. The molecule has 0 atom stereocenters. The van der Waals surface area contributed by atoms with Crippen molar-refractivity contribution in [3.63, 3.8) is 0 Å². The van der Waals surface area contributed by atoms with Gasteiger partial charge in [0.2, 0.25) is 0 Å². The monoisotopic (exact) mass is 222 g/mol. The molecule has 2 nitrogen and oxygen atoms in total. The van der Waals surface area contributed by atoms with Crippen LogP contribution in [0.4, 0.5) is 0 Å². The van der Waals surface area contributed by atoms with E-state index in [-0.39, 0.29) is 5.97 Å². The van der Waals surface area contributed by atoms with Crippen molar-refractivity contribution in [2.45, 2.75) is 41.0 Å². The van der Waals surface area contributed by atoms with Crippen molar-refractivity contribution in [2.75, 3.05) is 6.61 Å². The van der Waals surface area contributed by atoms with E-state index in [9.17, 15) is 4.79 Å². The number of esters is 1. The van der Waals surface area contributed by atoms with Crippen LogP contribution in [-0.2, 0) is 16.0 Å². The molecule has 0 heterocycles. The summed E-state index contributed by atoms with van der Waals surface area (Å²) in [5.41, 5.74) is 3.39. The Hall–Kier alpha value is -1.31. The minimum absolute atomic E-state index is 0.148. The first-order chi connectivity index (χ1) is 7.65. The molecular weight excluding hydrogens is 200 g/mol. The summed E-state index contributed by atoms with van der Waals surface area (Å²) >= 11 is 0. The van der Waals surface area contributed by atoms with E-state index in [4.69, 9.17) is 4.74 Å². The summed E-state index contributed by atoms with van der Waals surface area (Å²) in [7, 11) is 0. The molecule has 1 aromatic carbocycles. The summed E-state index contributed by atoms with van der Waals surface area (Å²) < 4.78 is 4.92. The van der Waals surface area contributed by atoms with E-state index in [1.807, 2.05) is 52.8 Å². The molecule has 0 aliphatic carbocycles. The molecule has 0 fully saturated rings. The highest BCUT2D eigenvalue weighted by molar-refractivity contribution is 5.73. The number of benzene rings is 1. The van der Waals surface area contributed by atoms with Gasteiger partial charge in [0.15, 0.2) is 0 Å². The van der Waals surface area contributed by atoms with Gasteiger partial charge in [-0.1, -0.05) is 32.0 Å². The molecule has 16 heavy (non-hydrogen) atoms. The highest BCUT2D eigenvalue weighted by atomic mass is 16.5. The maximum absolute atomic E-state index is 11.3. The quantitative estimate of drug-likeness (QED) is 0.732. The van der Waals surface area contributed by atoms with Crippen LogP contribution >= 0.6 is 0 Å². The number of ether oxygens (including phenoxy) is 1. The van der Waals surface area contributed by atoms with Crippen LogP contribution in [-0.4, -0.2) is 12.6 Å². The van der Waals surface area contributed by atoms with Gasteiger partial charge in [-0.05, 0) is 37.5 Å². The van der Waals surface area contributed by atoms with Gasteiger partial charge in [-0.25, -0.2) is 0 Å². The first-order valence-corrected chi connectivity index (χ1v) is 5.86. The SMILES string of the molecule is CC.CCOC(=O)Cc1c(C)cccc1C. The topological polar surface area (TPSA) is 26.3 Å². The zero-order valence-corrected chi connectivity index (χ0v) is 11.0. The van der Waals surface area contributed by atoms with Gasteiger partial charge >= 0.3 is 5.97 Å². The predicted molar refractivity (Wildman–Crippen MR) is 67.6 cm³/mol. The Morgan fingerprint density at radius 3 is 2.12 bits per heavy atom. The van der Waals surface area contributed by atoms with E-state index in [1.54, 1.807) is 0 Å². The van der Waals surface area contributed by atoms with Crippen LogP contribution in [0.3, 0.4) is 0 Å². The molecule has 0 aliphatic heterocycles. The van der Waals surface area contributed by atoms with Gasteiger partial charge in [0.05, 0.1) is 13.0 Å². The minimum atomic E-state index is -0.148. The van der Waals surface area contributed by atoms with Crippen LogP contribution in [0.15, 0.2) is 18.2 Å². The first kappa shape index (κ1) is 14.7. The molecular formula is C14H22O2. The van der Waals surface area contributed by atoms with Crippen molar-refractivity contribution in [1.29, 1.82) is 0 Å². The Labute approximate surface area is 98.6 Å². The molecule has 0 saturated carbocycles. The molecule has 1 aromatic rings. The van der Waals surface area contributed by atoms with Gasteiger partial charge < -0.3 is 4.74 Å². The maximum atomic E-state index is 11.3. The molecule has 0 spiro atoms. The fraction of sp³-hybridized carbons (Fsp3) is 0.500. The molecule has 90 valence electrons. The summed E-state index contributed by atoms with van der Waals surface area (Å²) in [6.07, 6.45) is 0.381. The van der Waals surface area contributed by atoms with Gasteiger partial charge in [-0.2, -0.15) is 0 Å². The van der Waals surface area contributed by atoms with Crippen LogP contribution in [0.5, 0.6) is 0 Å². The Morgan fingerprint density at radius 2 is 1.69 bits per heavy atom. The fourth-order valence-electron chi connectivity index (χ4n) is 1.48. The highest BCUT2D eigenvalue weighted by Crippen LogP contribution is 2.14. The predicted octanol–water partition coefficient (Wildman–Crippen LogP) is 3.44. The summed E-state index contributed by atoms with van der Waals surface area (Å²) in [5.74, 6) is -0.148. The van der Waals surface area contributed by atoms with E-state index in [1.165, 1.54) is 0 Å². The third-order valence-electron chi connectivity index (χ3n) is 2.27. The lowest BCUT2D eigenvalue weighted by atomic mass is 10.0. The van der Waals surface area contributed by atoms with E-state index in [2.05, 4.69) is 0 Å². The summed E-state index contributed by atoms with van der Waals surface area (Å²) in [6, 6.07) is 6.03. The summed E-state index contributed by atoms with van der Waals surface area (Å²) in [6.45, 7) is 10.3. The zero-order valence-electron chi connectivity index (χ0n) is 11.0. The van der Waals surface area contributed by atoms with Gasteiger partial charge in [0.25, 0.3) is 0 Å². The van der Waals surface area contributed by atoms with Gasteiger partial charge in [0, 0.05) is 0 Å². The second-order valence-electron chi connectivity index (χ2n) is 3.35. The number of rotatable bonds is 3.